The fourth-order valence-electron chi connectivity index (χ4n) is 3.15. The molecule has 0 atom stereocenters. The van der Waals surface area contributed by atoms with Crippen molar-refractivity contribution in [1.82, 2.24) is 15.1 Å². The summed E-state index contributed by atoms with van der Waals surface area (Å²) >= 11 is 1.50. The summed E-state index contributed by atoms with van der Waals surface area (Å²) in [6.45, 7) is 11.6. The van der Waals surface area contributed by atoms with Gasteiger partial charge in [0.25, 0.3) is 5.91 Å². The van der Waals surface area contributed by atoms with Gasteiger partial charge in [-0.2, -0.15) is 0 Å². The highest BCUT2D eigenvalue weighted by Crippen LogP contribution is 2.15. The summed E-state index contributed by atoms with van der Waals surface area (Å²) < 4.78 is 0. The van der Waals surface area contributed by atoms with Crippen LogP contribution in [0.25, 0.3) is 0 Å². The van der Waals surface area contributed by atoms with Gasteiger partial charge in [0.05, 0.1) is 4.88 Å². The highest BCUT2D eigenvalue weighted by atomic mass is 32.1. The van der Waals surface area contributed by atoms with E-state index in [-0.39, 0.29) is 5.91 Å². The van der Waals surface area contributed by atoms with Gasteiger partial charge < -0.3 is 10.2 Å². The van der Waals surface area contributed by atoms with Gasteiger partial charge in [0, 0.05) is 39.3 Å². The van der Waals surface area contributed by atoms with Crippen molar-refractivity contribution in [3.63, 3.8) is 0 Å². The molecule has 0 saturated carbocycles. The Kier molecular flexibility index (Phi) is 6.24. The largest absolute Gasteiger partial charge is 0.347 e. The Hall–Kier alpha value is -1.69. The number of benzene rings is 1. The average molecular weight is 358 g/mol. The summed E-state index contributed by atoms with van der Waals surface area (Å²) in [6, 6.07) is 10.6. The van der Waals surface area contributed by atoms with Crippen molar-refractivity contribution in [2.45, 2.75) is 26.9 Å². The minimum atomic E-state index is 0.0189. The summed E-state index contributed by atoms with van der Waals surface area (Å²) in [5.41, 5.74) is 3.53. The second-order valence-corrected chi connectivity index (χ2v) is 7.56. The Morgan fingerprint density at radius 1 is 1.04 bits per heavy atom. The maximum absolute atomic E-state index is 12.2. The van der Waals surface area contributed by atoms with Crippen LogP contribution in [0.1, 0.15) is 33.3 Å². The van der Waals surface area contributed by atoms with Crippen molar-refractivity contribution in [2.75, 3.05) is 32.7 Å². The van der Waals surface area contributed by atoms with Crippen LogP contribution in [-0.4, -0.2) is 48.4 Å². The molecule has 0 unspecified atom stereocenters. The minimum Gasteiger partial charge on any atom is -0.347 e. The lowest BCUT2D eigenvalue weighted by Crippen LogP contribution is -2.45. The number of nitrogens with zero attached hydrogens (tertiary/aromatic N) is 2. The third-order valence-corrected chi connectivity index (χ3v) is 5.88. The monoisotopic (exact) mass is 357 g/mol. The normalized spacial score (nSPS) is 16.1. The molecule has 1 amide bonds. The van der Waals surface area contributed by atoms with Crippen LogP contribution in [0, 0.1) is 6.92 Å². The van der Waals surface area contributed by atoms with E-state index >= 15 is 0 Å². The number of likely N-dealkylation sites (N-methyl/N-ethyl adjacent to an activating group) is 1. The standard InChI is InChI=1S/C20H27N3OS/c1-3-22-9-11-23(12-10-22)15-18-6-4-17(5-7-18)14-21-20(24)19-16(2)8-13-25-19/h4-8,13H,3,9-12,14-15H2,1-2H3,(H,21,24). The Labute approximate surface area is 154 Å². The first kappa shape index (κ1) is 18.1. The maximum atomic E-state index is 12.2. The number of carbonyl (C=O) groups excluding carboxylic acids is 1. The second kappa shape index (κ2) is 8.61. The molecule has 1 aliphatic rings. The van der Waals surface area contributed by atoms with Crippen LogP contribution >= 0.6 is 11.3 Å². The molecule has 0 radical (unpaired) electrons. The minimum absolute atomic E-state index is 0.0189. The highest BCUT2D eigenvalue weighted by Gasteiger charge is 2.15. The molecule has 25 heavy (non-hydrogen) atoms. The number of amides is 1. The zero-order chi connectivity index (χ0) is 17.6. The lowest BCUT2D eigenvalue weighted by molar-refractivity contribution is 0.0954. The van der Waals surface area contributed by atoms with E-state index in [1.54, 1.807) is 0 Å². The number of hydrogen-bond donors (Lipinski definition) is 1. The van der Waals surface area contributed by atoms with Gasteiger partial charge in [-0.25, -0.2) is 0 Å². The molecule has 2 aromatic rings. The number of thiophene rings is 1. The molecule has 1 saturated heterocycles. The number of nitrogens with one attached hydrogen (secondary N) is 1. The van der Waals surface area contributed by atoms with Gasteiger partial charge in [0.1, 0.15) is 0 Å². The highest BCUT2D eigenvalue weighted by molar-refractivity contribution is 7.12. The van der Waals surface area contributed by atoms with E-state index in [1.165, 1.54) is 30.0 Å². The molecule has 1 fully saturated rings. The summed E-state index contributed by atoms with van der Waals surface area (Å²) in [5.74, 6) is 0.0189. The fourth-order valence-corrected chi connectivity index (χ4v) is 3.99. The molecule has 1 N–H and O–H groups in total. The lowest BCUT2D eigenvalue weighted by atomic mass is 10.1. The molecule has 1 aromatic heterocycles. The van der Waals surface area contributed by atoms with E-state index in [1.807, 2.05) is 18.4 Å². The molecule has 1 aliphatic heterocycles. The molecule has 2 heterocycles. The molecule has 1 aromatic carbocycles. The summed E-state index contributed by atoms with van der Waals surface area (Å²) in [6.07, 6.45) is 0. The Balaban J connectivity index is 1.47. The van der Waals surface area contributed by atoms with Crippen LogP contribution in [0.4, 0.5) is 0 Å². The first-order chi connectivity index (χ1) is 12.2. The Bertz CT molecular complexity index is 687. The van der Waals surface area contributed by atoms with Gasteiger partial charge >= 0.3 is 0 Å². The van der Waals surface area contributed by atoms with Gasteiger partial charge in [-0.15, -0.1) is 11.3 Å². The first-order valence-electron chi connectivity index (χ1n) is 9.00. The van der Waals surface area contributed by atoms with E-state index in [9.17, 15) is 4.79 Å². The summed E-state index contributed by atoms with van der Waals surface area (Å²) in [4.78, 5) is 18.0. The molecule has 0 bridgehead atoms. The van der Waals surface area contributed by atoms with Gasteiger partial charge in [-0.1, -0.05) is 31.2 Å². The fraction of sp³-hybridized carbons (Fsp3) is 0.450. The van der Waals surface area contributed by atoms with E-state index in [0.29, 0.717) is 6.54 Å². The van der Waals surface area contributed by atoms with Gasteiger partial charge in [0.15, 0.2) is 0 Å². The predicted molar refractivity (Wildman–Crippen MR) is 104 cm³/mol. The molecule has 4 nitrogen and oxygen atoms in total. The molecular weight excluding hydrogens is 330 g/mol. The van der Waals surface area contributed by atoms with Crippen molar-refractivity contribution in [2.24, 2.45) is 0 Å². The second-order valence-electron chi connectivity index (χ2n) is 6.64. The Morgan fingerprint density at radius 2 is 1.68 bits per heavy atom. The molecular formula is C20H27N3OS. The van der Waals surface area contributed by atoms with Crippen LogP contribution in [0.3, 0.4) is 0 Å². The number of rotatable bonds is 6. The van der Waals surface area contributed by atoms with Crippen LogP contribution in [-0.2, 0) is 13.1 Å². The van der Waals surface area contributed by atoms with E-state index in [4.69, 9.17) is 0 Å². The SMILES string of the molecule is CCN1CCN(Cc2ccc(CNC(=O)c3sccc3C)cc2)CC1. The van der Waals surface area contributed by atoms with Gasteiger partial charge in [0.2, 0.25) is 0 Å². The van der Waals surface area contributed by atoms with Crippen molar-refractivity contribution in [1.29, 1.82) is 0 Å². The molecule has 3 rings (SSSR count). The van der Waals surface area contributed by atoms with Crippen LogP contribution in [0.15, 0.2) is 35.7 Å². The van der Waals surface area contributed by atoms with E-state index in [2.05, 4.69) is 46.3 Å². The molecule has 0 aliphatic carbocycles. The molecule has 134 valence electrons. The summed E-state index contributed by atoms with van der Waals surface area (Å²) in [7, 11) is 0. The third kappa shape index (κ3) is 4.91. The van der Waals surface area contributed by atoms with Gasteiger partial charge in [-0.05, 0) is 41.6 Å². The maximum Gasteiger partial charge on any atom is 0.261 e. The smallest absolute Gasteiger partial charge is 0.261 e. The van der Waals surface area contributed by atoms with Crippen molar-refractivity contribution >= 4 is 17.2 Å². The lowest BCUT2D eigenvalue weighted by Gasteiger charge is -2.34. The zero-order valence-corrected chi connectivity index (χ0v) is 15.9. The predicted octanol–water partition coefficient (Wildman–Crippen LogP) is 3.12. The quantitative estimate of drug-likeness (QED) is 0.863. The third-order valence-electron chi connectivity index (χ3n) is 4.86. The van der Waals surface area contributed by atoms with Crippen molar-refractivity contribution in [3.8, 4) is 0 Å². The van der Waals surface area contributed by atoms with Crippen LogP contribution in [0.2, 0.25) is 0 Å². The van der Waals surface area contributed by atoms with Crippen LogP contribution in [0.5, 0.6) is 0 Å². The van der Waals surface area contributed by atoms with Gasteiger partial charge in [-0.3, -0.25) is 9.69 Å². The molecule has 5 heteroatoms. The number of aryl methyl sites for hydroxylation is 1. The zero-order valence-electron chi connectivity index (χ0n) is 15.1. The number of hydrogen-bond acceptors (Lipinski definition) is 4. The van der Waals surface area contributed by atoms with Crippen molar-refractivity contribution < 1.29 is 4.79 Å². The topological polar surface area (TPSA) is 35.6 Å². The van der Waals surface area contributed by atoms with E-state index < -0.39 is 0 Å². The summed E-state index contributed by atoms with van der Waals surface area (Å²) in [5, 5.41) is 4.97. The Morgan fingerprint density at radius 3 is 2.28 bits per heavy atom. The average Bonchev–Trinajstić information content (AvgIpc) is 3.07. The number of carbonyl (C=O) groups is 1. The number of piperazine rings is 1. The van der Waals surface area contributed by atoms with Crippen molar-refractivity contribution in [3.05, 3.63) is 57.3 Å². The van der Waals surface area contributed by atoms with Crippen LogP contribution < -0.4 is 5.32 Å². The van der Waals surface area contributed by atoms with E-state index in [0.717, 1.165) is 42.2 Å². The molecule has 0 spiro atoms. The first-order valence-corrected chi connectivity index (χ1v) is 9.88.